The predicted octanol–water partition coefficient (Wildman–Crippen LogP) is 4.01. The van der Waals surface area contributed by atoms with Crippen LogP contribution in [0.3, 0.4) is 0 Å². The summed E-state index contributed by atoms with van der Waals surface area (Å²) in [5.41, 5.74) is 0. The first-order chi connectivity index (χ1) is 8.24. The summed E-state index contributed by atoms with van der Waals surface area (Å²) in [7, 11) is 1.07. The van der Waals surface area contributed by atoms with Gasteiger partial charge in [0.2, 0.25) is 0 Å². The summed E-state index contributed by atoms with van der Waals surface area (Å²) >= 11 is 0. The van der Waals surface area contributed by atoms with E-state index in [1.165, 1.54) is 38.5 Å². The van der Waals surface area contributed by atoms with Gasteiger partial charge in [-0.05, 0) is 6.42 Å². The minimum Gasteiger partial charge on any atom is -0.377 e. The van der Waals surface area contributed by atoms with Crippen LogP contribution in [0.1, 0.15) is 58.8 Å². The van der Waals surface area contributed by atoms with E-state index in [1.807, 2.05) is 0 Å². The third-order valence-corrected chi connectivity index (χ3v) is 5.88. The van der Waals surface area contributed by atoms with Crippen molar-refractivity contribution in [3.63, 3.8) is 0 Å². The Morgan fingerprint density at radius 1 is 0.765 bits per heavy atom. The van der Waals surface area contributed by atoms with E-state index in [0.29, 0.717) is 0 Å². The van der Waals surface area contributed by atoms with Crippen molar-refractivity contribution in [1.29, 1.82) is 0 Å². The first-order valence-electron chi connectivity index (χ1n) is 6.99. The van der Waals surface area contributed by atoms with Gasteiger partial charge >= 0.3 is 8.80 Å². The maximum atomic E-state index is 5.80. The van der Waals surface area contributed by atoms with Crippen molar-refractivity contribution in [1.82, 2.24) is 0 Å². The van der Waals surface area contributed by atoms with Gasteiger partial charge in [0.1, 0.15) is 0 Å². The molecule has 0 aromatic heterocycles. The zero-order valence-electron chi connectivity index (χ0n) is 12.1. The van der Waals surface area contributed by atoms with Crippen molar-refractivity contribution in [2.75, 3.05) is 20.8 Å². The Bertz CT molecular complexity index is 152. The third-order valence-electron chi connectivity index (χ3n) is 3.12. The summed E-state index contributed by atoms with van der Waals surface area (Å²) in [6.45, 7) is 5.08. The highest BCUT2D eigenvalue weighted by Crippen LogP contribution is 2.14. The minimum atomic E-state index is -2.30. The summed E-state index contributed by atoms with van der Waals surface area (Å²) in [6.07, 6.45) is 9.12. The monoisotopic (exact) mass is 262 g/mol. The number of rotatable bonds is 12. The second-order valence-electron chi connectivity index (χ2n) is 4.41. The molecule has 0 aliphatic carbocycles. The summed E-state index contributed by atoms with van der Waals surface area (Å²) in [6, 6.07) is 0.844. The molecule has 0 radical (unpaired) electrons. The predicted molar refractivity (Wildman–Crippen MR) is 74.2 cm³/mol. The van der Waals surface area contributed by atoms with Gasteiger partial charge < -0.3 is 13.3 Å². The molecule has 0 N–H and O–H groups in total. The Labute approximate surface area is 108 Å². The topological polar surface area (TPSA) is 27.7 Å². The van der Waals surface area contributed by atoms with Gasteiger partial charge in [0, 0.05) is 26.9 Å². The number of hydrogen-bond acceptors (Lipinski definition) is 3. The van der Waals surface area contributed by atoms with Crippen molar-refractivity contribution >= 4 is 8.80 Å². The van der Waals surface area contributed by atoms with E-state index >= 15 is 0 Å². The van der Waals surface area contributed by atoms with Crippen molar-refractivity contribution in [3.05, 3.63) is 0 Å². The minimum absolute atomic E-state index is 0.773. The van der Waals surface area contributed by atoms with Crippen LogP contribution in [-0.2, 0) is 13.3 Å². The second kappa shape index (κ2) is 11.2. The average molecular weight is 262 g/mol. The summed E-state index contributed by atoms with van der Waals surface area (Å²) in [5.74, 6) is 0. The lowest BCUT2D eigenvalue weighted by molar-refractivity contribution is 0.0976. The molecule has 4 heteroatoms. The summed E-state index contributed by atoms with van der Waals surface area (Å²) in [5, 5.41) is 0. The number of unbranched alkanes of at least 4 members (excludes halogenated alkanes) is 6. The molecule has 0 spiro atoms. The molecule has 17 heavy (non-hydrogen) atoms. The first-order valence-corrected chi connectivity index (χ1v) is 8.92. The quantitative estimate of drug-likeness (QED) is 0.393. The molecule has 0 atom stereocenters. The highest BCUT2D eigenvalue weighted by Gasteiger charge is 2.36. The van der Waals surface area contributed by atoms with Gasteiger partial charge in [0.25, 0.3) is 0 Å². The fourth-order valence-corrected chi connectivity index (χ4v) is 3.52. The largest absolute Gasteiger partial charge is 0.500 e. The highest BCUT2D eigenvalue weighted by atomic mass is 28.4. The van der Waals surface area contributed by atoms with Gasteiger partial charge in [-0.2, -0.15) is 0 Å². The number of hydrogen-bond donors (Lipinski definition) is 0. The van der Waals surface area contributed by atoms with Crippen LogP contribution in [0.4, 0.5) is 0 Å². The van der Waals surface area contributed by atoms with Gasteiger partial charge in [-0.1, -0.05) is 52.4 Å². The molecule has 0 bridgehead atoms. The zero-order valence-corrected chi connectivity index (χ0v) is 13.1. The fraction of sp³-hybridized carbons (Fsp3) is 1.00. The van der Waals surface area contributed by atoms with Crippen molar-refractivity contribution < 1.29 is 13.3 Å². The zero-order chi connectivity index (χ0) is 13.0. The molecule has 0 aliphatic rings. The normalized spacial score (nSPS) is 12.0. The van der Waals surface area contributed by atoms with E-state index in [1.54, 1.807) is 14.2 Å². The van der Waals surface area contributed by atoms with E-state index in [0.717, 1.165) is 19.1 Å². The van der Waals surface area contributed by atoms with Crippen LogP contribution in [0, 0.1) is 0 Å². The van der Waals surface area contributed by atoms with Crippen molar-refractivity contribution in [3.8, 4) is 0 Å². The van der Waals surface area contributed by atoms with E-state index < -0.39 is 8.80 Å². The molecule has 3 nitrogen and oxygen atoms in total. The fourth-order valence-electron chi connectivity index (χ4n) is 1.88. The van der Waals surface area contributed by atoms with Crippen LogP contribution in [0.2, 0.25) is 6.04 Å². The Hall–Kier alpha value is 0.0969. The molecule has 104 valence electrons. The van der Waals surface area contributed by atoms with Gasteiger partial charge in [-0.25, -0.2) is 0 Å². The Morgan fingerprint density at radius 3 is 1.76 bits per heavy atom. The lowest BCUT2D eigenvalue weighted by Gasteiger charge is -2.24. The molecule has 0 heterocycles. The molecular formula is C13H30O3Si. The molecule has 0 aromatic carbocycles. The van der Waals surface area contributed by atoms with Crippen LogP contribution in [-0.4, -0.2) is 29.6 Å². The molecule has 0 fully saturated rings. The smallest absolute Gasteiger partial charge is 0.377 e. The van der Waals surface area contributed by atoms with Crippen molar-refractivity contribution in [2.45, 2.75) is 64.8 Å². The van der Waals surface area contributed by atoms with Crippen LogP contribution >= 0.6 is 0 Å². The van der Waals surface area contributed by atoms with Crippen LogP contribution in [0.15, 0.2) is 0 Å². The van der Waals surface area contributed by atoms with Gasteiger partial charge in [0.15, 0.2) is 0 Å². The lowest BCUT2D eigenvalue weighted by Crippen LogP contribution is -2.43. The maximum absolute atomic E-state index is 5.80. The third kappa shape index (κ3) is 7.92. The molecule has 0 amide bonds. The molecule has 0 saturated heterocycles. The van der Waals surface area contributed by atoms with Crippen LogP contribution in [0.25, 0.3) is 0 Å². The van der Waals surface area contributed by atoms with E-state index in [9.17, 15) is 0 Å². The maximum Gasteiger partial charge on any atom is 0.500 e. The van der Waals surface area contributed by atoms with Crippen molar-refractivity contribution in [2.24, 2.45) is 0 Å². The van der Waals surface area contributed by atoms with Crippen LogP contribution < -0.4 is 0 Å². The Morgan fingerprint density at radius 2 is 1.29 bits per heavy atom. The average Bonchev–Trinajstić information content (AvgIpc) is 2.38. The Balaban J connectivity index is 3.43. The van der Waals surface area contributed by atoms with E-state index in [2.05, 4.69) is 13.8 Å². The van der Waals surface area contributed by atoms with E-state index in [-0.39, 0.29) is 0 Å². The molecule has 0 aromatic rings. The lowest BCUT2D eigenvalue weighted by atomic mass is 10.1. The van der Waals surface area contributed by atoms with Gasteiger partial charge in [-0.3, -0.25) is 0 Å². The second-order valence-corrected chi connectivity index (χ2v) is 7.59. The molecule has 0 unspecified atom stereocenters. The molecular weight excluding hydrogens is 232 g/mol. The SMILES string of the molecule is CCCCCCCCCO[Si](CC)(OC)OC. The molecule has 0 saturated carbocycles. The van der Waals surface area contributed by atoms with Gasteiger partial charge in [-0.15, -0.1) is 0 Å². The summed E-state index contributed by atoms with van der Waals surface area (Å²) < 4.78 is 16.6. The Kier molecular flexibility index (Phi) is 11.3. The first kappa shape index (κ1) is 17.1. The summed E-state index contributed by atoms with van der Waals surface area (Å²) in [4.78, 5) is 0. The van der Waals surface area contributed by atoms with E-state index in [4.69, 9.17) is 13.3 Å². The van der Waals surface area contributed by atoms with Crippen LogP contribution in [0.5, 0.6) is 0 Å². The molecule has 0 rings (SSSR count). The standard InChI is InChI=1S/C13H30O3Si/c1-5-7-8-9-10-11-12-13-16-17(6-2,14-3)15-4/h5-13H2,1-4H3. The molecule has 0 aliphatic heterocycles. The van der Waals surface area contributed by atoms with Gasteiger partial charge in [0.05, 0.1) is 0 Å². The highest BCUT2D eigenvalue weighted by molar-refractivity contribution is 6.60.